The molecule has 0 spiro atoms. The van der Waals surface area contributed by atoms with Crippen molar-refractivity contribution >= 4 is 11.9 Å². The fourth-order valence-electron chi connectivity index (χ4n) is 3.75. The number of hydrogen-bond acceptors (Lipinski definition) is 5. The summed E-state index contributed by atoms with van der Waals surface area (Å²) in [5.74, 6) is 0.883. The third-order valence-electron chi connectivity index (χ3n) is 4.56. The zero-order valence-corrected chi connectivity index (χ0v) is 12.0. The van der Waals surface area contributed by atoms with Crippen molar-refractivity contribution in [2.45, 2.75) is 18.9 Å². The van der Waals surface area contributed by atoms with E-state index in [1.54, 1.807) is 19.4 Å². The van der Waals surface area contributed by atoms with E-state index in [4.69, 9.17) is 0 Å². The molecule has 2 fully saturated rings. The molecule has 1 aromatic heterocycles. The lowest BCUT2D eigenvalue weighted by atomic mass is 9.74. The maximum atomic E-state index is 12.5. The van der Waals surface area contributed by atoms with Gasteiger partial charge in [-0.05, 0) is 26.0 Å². The smallest absolute Gasteiger partial charge is 0.229 e. The number of carbonyl (C=O) groups is 1. The number of nitrogens with zero attached hydrogens (tertiary/aromatic N) is 4. The number of carbonyl (C=O) groups excluding carboxylic acids is 1. The fourth-order valence-corrected chi connectivity index (χ4v) is 3.75. The van der Waals surface area contributed by atoms with Gasteiger partial charge in [0.1, 0.15) is 0 Å². The van der Waals surface area contributed by atoms with Gasteiger partial charge in [0.05, 0.1) is 11.5 Å². The van der Waals surface area contributed by atoms with Crippen LogP contribution in [0.15, 0.2) is 18.5 Å². The van der Waals surface area contributed by atoms with Gasteiger partial charge in [0.25, 0.3) is 0 Å². The van der Waals surface area contributed by atoms with Gasteiger partial charge < -0.3 is 15.1 Å². The van der Waals surface area contributed by atoms with Crippen molar-refractivity contribution in [2.75, 3.05) is 38.6 Å². The average Bonchev–Trinajstić information content (AvgIpc) is 2.84. The highest BCUT2D eigenvalue weighted by molar-refractivity contribution is 5.85. The summed E-state index contributed by atoms with van der Waals surface area (Å²) in [6.45, 7) is 2.60. The molecule has 1 aromatic rings. The van der Waals surface area contributed by atoms with E-state index in [-0.39, 0.29) is 17.4 Å². The highest BCUT2D eigenvalue weighted by Gasteiger charge is 2.55. The lowest BCUT2D eigenvalue weighted by molar-refractivity contribution is -0.131. The van der Waals surface area contributed by atoms with Crippen LogP contribution in [-0.4, -0.2) is 60.5 Å². The topological polar surface area (TPSA) is 61.4 Å². The van der Waals surface area contributed by atoms with Gasteiger partial charge in [0.15, 0.2) is 0 Å². The highest BCUT2D eigenvalue weighted by atomic mass is 16.2. The molecule has 2 saturated heterocycles. The van der Waals surface area contributed by atoms with E-state index < -0.39 is 0 Å². The second-order valence-corrected chi connectivity index (χ2v) is 5.79. The molecular weight excluding hydrogens is 254 g/mol. The Hall–Kier alpha value is -1.69. The van der Waals surface area contributed by atoms with Gasteiger partial charge in [0.2, 0.25) is 11.9 Å². The molecule has 1 amide bonds. The Labute approximate surface area is 119 Å². The van der Waals surface area contributed by atoms with Crippen LogP contribution in [0.3, 0.4) is 0 Å². The molecule has 0 radical (unpaired) electrons. The van der Waals surface area contributed by atoms with E-state index in [9.17, 15) is 4.79 Å². The lowest BCUT2D eigenvalue weighted by Gasteiger charge is -2.44. The molecule has 6 nitrogen and oxygen atoms in total. The van der Waals surface area contributed by atoms with Gasteiger partial charge in [0, 0.05) is 39.1 Å². The minimum absolute atomic E-state index is 0.146. The van der Waals surface area contributed by atoms with Gasteiger partial charge in [-0.15, -0.1) is 0 Å². The number of rotatable bonds is 2. The third-order valence-corrected chi connectivity index (χ3v) is 4.56. The predicted octanol–water partition coefficient (Wildman–Crippen LogP) is 0.123. The van der Waals surface area contributed by atoms with Crippen molar-refractivity contribution < 1.29 is 4.79 Å². The normalized spacial score (nSPS) is 30.1. The maximum Gasteiger partial charge on any atom is 0.229 e. The number of piperidine rings is 1. The van der Waals surface area contributed by atoms with E-state index in [0.717, 1.165) is 38.4 Å². The molecule has 1 N–H and O–H groups in total. The van der Waals surface area contributed by atoms with Crippen LogP contribution in [0.2, 0.25) is 0 Å². The van der Waals surface area contributed by atoms with Crippen LogP contribution in [0, 0.1) is 5.41 Å². The number of aromatic nitrogens is 2. The first kappa shape index (κ1) is 13.3. The van der Waals surface area contributed by atoms with Crippen LogP contribution in [0.5, 0.6) is 0 Å². The molecule has 2 aliphatic rings. The summed E-state index contributed by atoms with van der Waals surface area (Å²) in [6.07, 6.45) is 5.45. The van der Waals surface area contributed by atoms with Crippen molar-refractivity contribution in [3.05, 3.63) is 18.5 Å². The van der Waals surface area contributed by atoms with E-state index >= 15 is 0 Å². The van der Waals surface area contributed by atoms with Crippen LogP contribution in [-0.2, 0) is 4.79 Å². The average molecular weight is 275 g/mol. The summed E-state index contributed by atoms with van der Waals surface area (Å²) in [6, 6.07) is 1.98. The third kappa shape index (κ3) is 1.95. The Morgan fingerprint density at radius 3 is 2.90 bits per heavy atom. The summed E-state index contributed by atoms with van der Waals surface area (Å²) in [5, 5.41) is 2.86. The van der Waals surface area contributed by atoms with Crippen LogP contribution >= 0.6 is 0 Å². The van der Waals surface area contributed by atoms with Crippen LogP contribution in [0.4, 0.5) is 5.95 Å². The molecule has 0 aliphatic carbocycles. The largest absolute Gasteiger partial charge is 0.359 e. The van der Waals surface area contributed by atoms with E-state index in [0.29, 0.717) is 0 Å². The molecule has 0 saturated carbocycles. The number of likely N-dealkylation sites (N-methyl/N-ethyl adjacent to an activating group) is 1. The molecule has 2 aliphatic heterocycles. The fraction of sp³-hybridized carbons (Fsp3) is 0.643. The monoisotopic (exact) mass is 275 g/mol. The van der Waals surface area contributed by atoms with E-state index in [1.807, 2.05) is 6.07 Å². The standard InChI is InChI=1S/C14H21N5O/c1-15-12(20)14-5-3-8-19(11(14)9-18(2)10-14)13-16-6-4-7-17-13/h4,6-7,11H,3,5,8-10H2,1-2H3,(H,15,20)/t11-,14-/m1/s1. The maximum absolute atomic E-state index is 12.5. The lowest BCUT2D eigenvalue weighted by Crippen LogP contribution is -2.58. The number of hydrogen-bond donors (Lipinski definition) is 1. The minimum Gasteiger partial charge on any atom is -0.359 e. The van der Waals surface area contributed by atoms with E-state index in [1.165, 1.54) is 0 Å². The van der Waals surface area contributed by atoms with Gasteiger partial charge in [-0.3, -0.25) is 4.79 Å². The second kappa shape index (κ2) is 5.01. The first-order chi connectivity index (χ1) is 9.67. The van der Waals surface area contributed by atoms with Crippen LogP contribution < -0.4 is 10.2 Å². The highest BCUT2D eigenvalue weighted by Crippen LogP contribution is 2.42. The summed E-state index contributed by atoms with van der Waals surface area (Å²) in [7, 11) is 3.80. The van der Waals surface area contributed by atoms with Gasteiger partial charge in [-0.2, -0.15) is 0 Å². The number of amides is 1. The number of fused-ring (bicyclic) bond motifs is 1. The van der Waals surface area contributed by atoms with Crippen LogP contribution in [0.1, 0.15) is 12.8 Å². The zero-order chi connectivity index (χ0) is 14.2. The van der Waals surface area contributed by atoms with Crippen molar-refractivity contribution in [3.8, 4) is 0 Å². The molecule has 20 heavy (non-hydrogen) atoms. The van der Waals surface area contributed by atoms with Gasteiger partial charge in [-0.25, -0.2) is 9.97 Å². The first-order valence-corrected chi connectivity index (χ1v) is 7.12. The number of anilines is 1. The number of likely N-dealkylation sites (tertiary alicyclic amines) is 1. The van der Waals surface area contributed by atoms with Gasteiger partial charge in [-0.1, -0.05) is 0 Å². The minimum atomic E-state index is -0.332. The summed E-state index contributed by atoms with van der Waals surface area (Å²) >= 11 is 0. The second-order valence-electron chi connectivity index (χ2n) is 5.79. The zero-order valence-electron chi connectivity index (χ0n) is 12.0. The Morgan fingerprint density at radius 1 is 1.45 bits per heavy atom. The Bertz CT molecular complexity index is 494. The molecule has 0 unspecified atom stereocenters. The van der Waals surface area contributed by atoms with Crippen molar-refractivity contribution in [1.29, 1.82) is 0 Å². The molecule has 6 heteroatoms. The first-order valence-electron chi connectivity index (χ1n) is 7.12. The van der Waals surface area contributed by atoms with Gasteiger partial charge >= 0.3 is 0 Å². The summed E-state index contributed by atoms with van der Waals surface area (Å²) in [5.41, 5.74) is -0.332. The molecule has 3 rings (SSSR count). The number of nitrogens with one attached hydrogen (secondary N) is 1. The molecule has 3 heterocycles. The SMILES string of the molecule is CNC(=O)[C@@]12CCCN(c3ncccn3)[C@@H]1CN(C)C2. The Morgan fingerprint density at radius 2 is 2.20 bits per heavy atom. The summed E-state index contributed by atoms with van der Waals surface area (Å²) in [4.78, 5) is 25.7. The molecule has 0 aromatic carbocycles. The molecule has 2 atom stereocenters. The van der Waals surface area contributed by atoms with E-state index in [2.05, 4.69) is 32.1 Å². The quantitative estimate of drug-likeness (QED) is 0.831. The van der Waals surface area contributed by atoms with Crippen molar-refractivity contribution in [1.82, 2.24) is 20.2 Å². The predicted molar refractivity (Wildman–Crippen MR) is 76.4 cm³/mol. The Kier molecular flexibility index (Phi) is 3.33. The van der Waals surface area contributed by atoms with Crippen molar-refractivity contribution in [3.63, 3.8) is 0 Å². The molecular formula is C14H21N5O. The van der Waals surface area contributed by atoms with Crippen molar-refractivity contribution in [2.24, 2.45) is 5.41 Å². The molecule has 108 valence electrons. The Balaban J connectivity index is 1.97. The molecule has 0 bridgehead atoms. The summed E-state index contributed by atoms with van der Waals surface area (Å²) < 4.78 is 0. The van der Waals surface area contributed by atoms with Crippen LogP contribution in [0.25, 0.3) is 0 Å².